The van der Waals surface area contributed by atoms with Gasteiger partial charge in [-0.25, -0.2) is 0 Å². The smallest absolute Gasteiger partial charge is 0.143 e. The maximum Gasteiger partial charge on any atom is 0.143 e. The van der Waals surface area contributed by atoms with Gasteiger partial charge in [-0.3, -0.25) is 4.90 Å². The first-order valence-corrected chi connectivity index (χ1v) is 6.28. The Morgan fingerprint density at radius 2 is 2.00 bits per heavy atom. The van der Waals surface area contributed by atoms with E-state index in [1.54, 1.807) is 0 Å². The molecule has 16 heavy (non-hydrogen) atoms. The highest BCUT2D eigenvalue weighted by molar-refractivity contribution is 5.82. The summed E-state index contributed by atoms with van der Waals surface area (Å²) in [5.41, 5.74) is 5.61. The number of nitrogens with two attached hydrogens (primary N) is 1. The van der Waals surface area contributed by atoms with Crippen molar-refractivity contribution in [2.24, 2.45) is 16.8 Å². The predicted molar refractivity (Wildman–Crippen MR) is 68.8 cm³/mol. The number of nitrogens with zero attached hydrogens (tertiary/aromatic N) is 2. The summed E-state index contributed by atoms with van der Waals surface area (Å²) < 4.78 is 0. The zero-order valence-corrected chi connectivity index (χ0v) is 11.1. The Bertz CT molecular complexity index is 206. The molecule has 0 aliphatic rings. The van der Waals surface area contributed by atoms with E-state index in [0.29, 0.717) is 11.9 Å². The largest absolute Gasteiger partial charge is 0.409 e. The maximum absolute atomic E-state index is 8.63. The van der Waals surface area contributed by atoms with Crippen LogP contribution in [0.25, 0.3) is 0 Å². The predicted octanol–water partition coefficient (Wildman–Crippen LogP) is 2.27. The summed E-state index contributed by atoms with van der Waals surface area (Å²) in [6.07, 6.45) is 3.53. The standard InChI is InChI=1S/C12H27N3O/c1-5-7-8-15(11(4)6-2)9-10(3)12(13)14-16/h10-11,16H,5-9H2,1-4H3,(H2,13,14). The molecule has 0 fully saturated rings. The van der Waals surface area contributed by atoms with Crippen LogP contribution in [0.4, 0.5) is 0 Å². The summed E-state index contributed by atoms with van der Waals surface area (Å²) in [5.74, 6) is 0.431. The van der Waals surface area contributed by atoms with Gasteiger partial charge in [0.1, 0.15) is 5.84 Å². The molecule has 0 spiro atoms. The van der Waals surface area contributed by atoms with Gasteiger partial charge in [0.25, 0.3) is 0 Å². The maximum atomic E-state index is 8.63. The fourth-order valence-electron chi connectivity index (χ4n) is 1.65. The molecule has 0 bridgehead atoms. The third-order valence-electron chi connectivity index (χ3n) is 3.14. The van der Waals surface area contributed by atoms with Crippen molar-refractivity contribution in [1.82, 2.24) is 4.90 Å². The lowest BCUT2D eigenvalue weighted by molar-refractivity contribution is 0.188. The lowest BCUT2D eigenvalue weighted by atomic mass is 10.1. The van der Waals surface area contributed by atoms with Crippen molar-refractivity contribution in [3.8, 4) is 0 Å². The fourth-order valence-corrected chi connectivity index (χ4v) is 1.65. The van der Waals surface area contributed by atoms with Crippen molar-refractivity contribution in [3.05, 3.63) is 0 Å². The summed E-state index contributed by atoms with van der Waals surface area (Å²) in [4.78, 5) is 2.42. The Labute approximate surface area is 99.5 Å². The van der Waals surface area contributed by atoms with Gasteiger partial charge in [0.15, 0.2) is 0 Å². The van der Waals surface area contributed by atoms with Gasteiger partial charge in [0.05, 0.1) is 0 Å². The first-order chi connectivity index (χ1) is 7.56. The lowest BCUT2D eigenvalue weighted by Gasteiger charge is -2.30. The number of hydrogen-bond acceptors (Lipinski definition) is 3. The summed E-state index contributed by atoms with van der Waals surface area (Å²) >= 11 is 0. The summed E-state index contributed by atoms with van der Waals surface area (Å²) in [5, 5.41) is 11.7. The Balaban J connectivity index is 4.29. The molecule has 0 radical (unpaired) electrons. The lowest BCUT2D eigenvalue weighted by Crippen LogP contribution is -2.40. The molecule has 0 aromatic rings. The van der Waals surface area contributed by atoms with E-state index in [1.807, 2.05) is 6.92 Å². The summed E-state index contributed by atoms with van der Waals surface area (Å²) in [7, 11) is 0. The molecule has 0 aromatic heterocycles. The van der Waals surface area contributed by atoms with Crippen LogP contribution < -0.4 is 5.73 Å². The van der Waals surface area contributed by atoms with Crippen LogP contribution in [0.5, 0.6) is 0 Å². The van der Waals surface area contributed by atoms with Crippen LogP contribution in [-0.4, -0.2) is 35.1 Å². The topological polar surface area (TPSA) is 61.8 Å². The quantitative estimate of drug-likeness (QED) is 0.290. The third kappa shape index (κ3) is 5.35. The van der Waals surface area contributed by atoms with E-state index >= 15 is 0 Å². The highest BCUT2D eigenvalue weighted by atomic mass is 16.4. The first-order valence-electron chi connectivity index (χ1n) is 6.28. The number of hydrogen-bond donors (Lipinski definition) is 2. The van der Waals surface area contributed by atoms with Gasteiger partial charge in [-0.1, -0.05) is 32.3 Å². The zero-order valence-electron chi connectivity index (χ0n) is 11.1. The van der Waals surface area contributed by atoms with E-state index in [-0.39, 0.29) is 5.92 Å². The van der Waals surface area contributed by atoms with Crippen LogP contribution >= 0.6 is 0 Å². The van der Waals surface area contributed by atoms with Crippen LogP contribution in [0.3, 0.4) is 0 Å². The molecule has 2 unspecified atom stereocenters. The molecule has 0 aliphatic heterocycles. The molecular weight excluding hydrogens is 202 g/mol. The van der Waals surface area contributed by atoms with Gasteiger partial charge >= 0.3 is 0 Å². The second-order valence-corrected chi connectivity index (χ2v) is 4.53. The van der Waals surface area contributed by atoms with Gasteiger partial charge in [0.2, 0.25) is 0 Å². The Hall–Kier alpha value is -0.770. The minimum absolute atomic E-state index is 0.107. The molecule has 0 aliphatic carbocycles. The van der Waals surface area contributed by atoms with E-state index in [1.165, 1.54) is 12.8 Å². The van der Waals surface area contributed by atoms with E-state index in [4.69, 9.17) is 10.9 Å². The van der Waals surface area contributed by atoms with Crippen molar-refractivity contribution in [3.63, 3.8) is 0 Å². The molecule has 3 N–H and O–H groups in total. The summed E-state index contributed by atoms with van der Waals surface area (Å²) in [6, 6.07) is 0.556. The third-order valence-corrected chi connectivity index (χ3v) is 3.14. The van der Waals surface area contributed by atoms with Gasteiger partial charge in [0, 0.05) is 18.5 Å². The average molecular weight is 229 g/mol. The fraction of sp³-hybridized carbons (Fsp3) is 0.917. The Kier molecular flexibility index (Phi) is 7.99. The molecule has 0 saturated heterocycles. The minimum Gasteiger partial charge on any atom is -0.409 e. The molecule has 0 rings (SSSR count). The number of oxime groups is 1. The van der Waals surface area contributed by atoms with E-state index in [2.05, 4.69) is 30.8 Å². The average Bonchev–Trinajstić information content (AvgIpc) is 2.31. The van der Waals surface area contributed by atoms with Crippen molar-refractivity contribution < 1.29 is 5.21 Å². The Morgan fingerprint density at radius 1 is 1.38 bits per heavy atom. The van der Waals surface area contributed by atoms with Crippen LogP contribution in [0, 0.1) is 5.92 Å². The number of amidine groups is 1. The molecule has 0 heterocycles. The molecular formula is C12H27N3O. The summed E-state index contributed by atoms with van der Waals surface area (Å²) in [6.45, 7) is 10.6. The zero-order chi connectivity index (χ0) is 12.6. The van der Waals surface area contributed by atoms with Crippen LogP contribution in [-0.2, 0) is 0 Å². The monoisotopic (exact) mass is 229 g/mol. The van der Waals surface area contributed by atoms with Crippen molar-refractivity contribution in [2.45, 2.75) is 53.0 Å². The van der Waals surface area contributed by atoms with Crippen LogP contribution in [0.2, 0.25) is 0 Å². The van der Waals surface area contributed by atoms with Gasteiger partial charge in [-0.05, 0) is 26.3 Å². The second kappa shape index (κ2) is 8.39. The van der Waals surface area contributed by atoms with Gasteiger partial charge in [-0.15, -0.1) is 0 Å². The Morgan fingerprint density at radius 3 is 2.44 bits per heavy atom. The molecule has 0 aromatic carbocycles. The number of rotatable bonds is 8. The first kappa shape index (κ1) is 15.2. The van der Waals surface area contributed by atoms with Crippen molar-refractivity contribution in [1.29, 1.82) is 0 Å². The van der Waals surface area contributed by atoms with E-state index in [0.717, 1.165) is 19.5 Å². The molecule has 4 nitrogen and oxygen atoms in total. The molecule has 0 saturated carbocycles. The number of unbranched alkanes of at least 4 members (excludes halogenated alkanes) is 1. The van der Waals surface area contributed by atoms with Crippen molar-refractivity contribution in [2.75, 3.05) is 13.1 Å². The van der Waals surface area contributed by atoms with Gasteiger partial charge < -0.3 is 10.9 Å². The molecule has 2 atom stereocenters. The van der Waals surface area contributed by atoms with E-state index in [9.17, 15) is 0 Å². The van der Waals surface area contributed by atoms with Crippen molar-refractivity contribution >= 4 is 5.84 Å². The van der Waals surface area contributed by atoms with E-state index < -0.39 is 0 Å². The van der Waals surface area contributed by atoms with Gasteiger partial charge in [-0.2, -0.15) is 0 Å². The van der Waals surface area contributed by atoms with Crippen LogP contribution in [0.1, 0.15) is 47.0 Å². The highest BCUT2D eigenvalue weighted by Crippen LogP contribution is 2.09. The normalized spacial score (nSPS) is 16.4. The van der Waals surface area contributed by atoms with Crippen LogP contribution in [0.15, 0.2) is 5.16 Å². The molecule has 96 valence electrons. The highest BCUT2D eigenvalue weighted by Gasteiger charge is 2.17. The second-order valence-electron chi connectivity index (χ2n) is 4.53. The SMILES string of the molecule is CCCCN(CC(C)C(N)=NO)C(C)CC. The molecule has 4 heteroatoms. The molecule has 0 amide bonds. The minimum atomic E-state index is 0.107.